The summed E-state index contributed by atoms with van der Waals surface area (Å²) in [5.41, 5.74) is 7.02. The van der Waals surface area contributed by atoms with Crippen LogP contribution in [0.1, 0.15) is 37.7 Å². The van der Waals surface area contributed by atoms with Crippen LogP contribution in [-0.2, 0) is 0 Å². The number of likely N-dealkylation sites (tertiary alicyclic amines) is 1. The minimum absolute atomic E-state index is 0.707. The number of hydrogen-bond donors (Lipinski definition) is 1. The second-order valence-corrected chi connectivity index (χ2v) is 6.56. The molecule has 2 fully saturated rings. The molecule has 0 atom stereocenters. The predicted molar refractivity (Wildman–Crippen MR) is 81.9 cm³/mol. The van der Waals surface area contributed by atoms with E-state index in [0.717, 1.165) is 19.1 Å². The molecule has 2 aliphatic rings. The lowest BCUT2D eigenvalue weighted by molar-refractivity contribution is 0.141. The normalized spacial score (nSPS) is 22.9. The van der Waals surface area contributed by atoms with Crippen molar-refractivity contribution in [1.82, 2.24) is 9.27 Å². The van der Waals surface area contributed by atoms with Gasteiger partial charge in [0.15, 0.2) is 0 Å². The second-order valence-electron chi connectivity index (χ2n) is 5.81. The molecule has 2 saturated heterocycles. The number of anilines is 2. The molecule has 0 bridgehead atoms. The van der Waals surface area contributed by atoms with Gasteiger partial charge in [-0.05, 0) is 57.2 Å². The third-order valence-corrected chi connectivity index (χ3v) is 5.62. The Balaban J connectivity index is 1.58. The predicted octanol–water partition coefficient (Wildman–Crippen LogP) is 2.49. The summed E-state index contributed by atoms with van der Waals surface area (Å²) in [5, 5.41) is 1.29. The van der Waals surface area contributed by atoms with Crippen LogP contribution in [0.2, 0.25) is 0 Å². The number of nitrogens with zero attached hydrogens (tertiary/aromatic N) is 3. The molecule has 2 aliphatic heterocycles. The van der Waals surface area contributed by atoms with E-state index in [0.29, 0.717) is 5.82 Å². The van der Waals surface area contributed by atoms with Crippen LogP contribution in [0.3, 0.4) is 0 Å². The number of piperidine rings is 2. The van der Waals surface area contributed by atoms with E-state index in [1.807, 2.05) is 0 Å². The van der Waals surface area contributed by atoms with Crippen LogP contribution < -0.4 is 10.6 Å². The Hall–Kier alpha value is -0.810. The van der Waals surface area contributed by atoms with Gasteiger partial charge in [-0.25, -0.2) is 0 Å². The van der Waals surface area contributed by atoms with Crippen LogP contribution in [0.5, 0.6) is 0 Å². The first-order chi connectivity index (χ1) is 9.25. The average molecular weight is 280 g/mol. The topological polar surface area (TPSA) is 45.4 Å². The molecule has 1 aromatic heterocycles. The highest BCUT2D eigenvalue weighted by Gasteiger charge is 2.27. The Morgan fingerprint density at radius 2 is 1.79 bits per heavy atom. The van der Waals surface area contributed by atoms with E-state index in [4.69, 9.17) is 5.73 Å². The third kappa shape index (κ3) is 2.72. The van der Waals surface area contributed by atoms with Gasteiger partial charge in [-0.2, -0.15) is 4.37 Å². The van der Waals surface area contributed by atoms with Crippen LogP contribution in [-0.4, -0.2) is 41.5 Å². The summed E-state index contributed by atoms with van der Waals surface area (Å²) in [6.45, 7) is 7.03. The largest absolute Gasteiger partial charge is 0.383 e. The molecule has 2 N–H and O–H groups in total. The van der Waals surface area contributed by atoms with Crippen molar-refractivity contribution in [3.63, 3.8) is 0 Å². The van der Waals surface area contributed by atoms with Crippen molar-refractivity contribution in [2.45, 2.75) is 45.1 Å². The minimum Gasteiger partial charge on any atom is -0.383 e. The fourth-order valence-electron chi connectivity index (χ4n) is 3.35. The molecule has 3 heterocycles. The Labute approximate surface area is 119 Å². The zero-order valence-electron chi connectivity index (χ0n) is 11.8. The van der Waals surface area contributed by atoms with Crippen LogP contribution in [0.4, 0.5) is 10.8 Å². The molecule has 5 heteroatoms. The van der Waals surface area contributed by atoms with E-state index in [1.54, 1.807) is 11.5 Å². The van der Waals surface area contributed by atoms with Gasteiger partial charge in [0.25, 0.3) is 0 Å². The van der Waals surface area contributed by atoms with Crippen molar-refractivity contribution in [2.75, 3.05) is 36.8 Å². The van der Waals surface area contributed by atoms with Gasteiger partial charge in [0, 0.05) is 24.7 Å². The number of aromatic nitrogens is 1. The van der Waals surface area contributed by atoms with Crippen LogP contribution in [0.25, 0.3) is 0 Å². The Kier molecular flexibility index (Phi) is 3.93. The first-order valence-corrected chi connectivity index (χ1v) is 8.24. The van der Waals surface area contributed by atoms with E-state index in [-0.39, 0.29) is 0 Å². The fraction of sp³-hybridized carbons (Fsp3) is 0.786. The molecule has 0 radical (unpaired) electrons. The lowest BCUT2D eigenvalue weighted by Crippen LogP contribution is -2.46. The highest BCUT2D eigenvalue weighted by Crippen LogP contribution is 2.32. The van der Waals surface area contributed by atoms with Crippen molar-refractivity contribution in [3.8, 4) is 0 Å². The van der Waals surface area contributed by atoms with Crippen molar-refractivity contribution >= 4 is 22.4 Å². The lowest BCUT2D eigenvalue weighted by Gasteiger charge is -2.40. The molecule has 0 unspecified atom stereocenters. The zero-order chi connectivity index (χ0) is 13.2. The standard InChI is InChI=1S/C14H24N4S/c1-11-13(15)16-19-14(11)18-9-5-12(6-10-18)17-7-3-2-4-8-17/h12H,2-10H2,1H3,(H2,15,16). The molecule has 0 aromatic carbocycles. The molecule has 1 aromatic rings. The van der Waals surface area contributed by atoms with Gasteiger partial charge in [-0.3, -0.25) is 0 Å². The maximum atomic E-state index is 5.86. The summed E-state index contributed by atoms with van der Waals surface area (Å²) in [7, 11) is 0. The molecule has 0 saturated carbocycles. The Morgan fingerprint density at radius 1 is 1.11 bits per heavy atom. The van der Waals surface area contributed by atoms with Crippen molar-refractivity contribution < 1.29 is 0 Å². The first-order valence-electron chi connectivity index (χ1n) is 7.46. The SMILES string of the molecule is Cc1c(N)nsc1N1CCC(N2CCCCC2)CC1. The maximum Gasteiger partial charge on any atom is 0.142 e. The summed E-state index contributed by atoms with van der Waals surface area (Å²) in [4.78, 5) is 5.19. The zero-order valence-corrected chi connectivity index (χ0v) is 12.6. The summed E-state index contributed by atoms with van der Waals surface area (Å²) in [6.07, 6.45) is 6.79. The summed E-state index contributed by atoms with van der Waals surface area (Å²) in [5.74, 6) is 0.707. The van der Waals surface area contributed by atoms with Crippen molar-refractivity contribution in [2.24, 2.45) is 0 Å². The van der Waals surface area contributed by atoms with Crippen molar-refractivity contribution in [3.05, 3.63) is 5.56 Å². The van der Waals surface area contributed by atoms with E-state index in [9.17, 15) is 0 Å². The van der Waals surface area contributed by atoms with Gasteiger partial charge in [0.1, 0.15) is 10.8 Å². The van der Waals surface area contributed by atoms with E-state index < -0.39 is 0 Å². The van der Waals surface area contributed by atoms with Crippen molar-refractivity contribution in [1.29, 1.82) is 0 Å². The highest BCUT2D eigenvalue weighted by molar-refractivity contribution is 7.10. The quantitative estimate of drug-likeness (QED) is 0.904. The molecule has 0 amide bonds. The summed E-state index contributed by atoms with van der Waals surface area (Å²) < 4.78 is 4.27. The maximum absolute atomic E-state index is 5.86. The molecule has 0 aliphatic carbocycles. The van der Waals surface area contributed by atoms with Gasteiger partial charge < -0.3 is 15.5 Å². The molecule has 4 nitrogen and oxygen atoms in total. The molecular weight excluding hydrogens is 256 g/mol. The van der Waals surface area contributed by atoms with Crippen LogP contribution in [0, 0.1) is 6.92 Å². The number of rotatable bonds is 2. The Morgan fingerprint density at radius 3 is 2.37 bits per heavy atom. The van der Waals surface area contributed by atoms with E-state index >= 15 is 0 Å². The molecule has 106 valence electrons. The smallest absolute Gasteiger partial charge is 0.142 e. The second kappa shape index (κ2) is 5.67. The monoisotopic (exact) mass is 280 g/mol. The highest BCUT2D eigenvalue weighted by atomic mass is 32.1. The van der Waals surface area contributed by atoms with Gasteiger partial charge in [-0.15, -0.1) is 0 Å². The number of nitrogens with two attached hydrogens (primary N) is 1. The van der Waals surface area contributed by atoms with E-state index in [1.165, 1.54) is 55.8 Å². The van der Waals surface area contributed by atoms with Crippen LogP contribution in [0.15, 0.2) is 0 Å². The van der Waals surface area contributed by atoms with E-state index in [2.05, 4.69) is 21.1 Å². The third-order valence-electron chi connectivity index (χ3n) is 4.59. The minimum atomic E-state index is 0.707. The lowest BCUT2D eigenvalue weighted by atomic mass is 10.00. The van der Waals surface area contributed by atoms with Gasteiger partial charge >= 0.3 is 0 Å². The molecule has 0 spiro atoms. The molecular formula is C14H24N4S. The van der Waals surface area contributed by atoms with Gasteiger partial charge in [0.2, 0.25) is 0 Å². The van der Waals surface area contributed by atoms with Crippen LogP contribution >= 0.6 is 11.5 Å². The number of hydrogen-bond acceptors (Lipinski definition) is 5. The summed E-state index contributed by atoms with van der Waals surface area (Å²) in [6, 6.07) is 0.808. The average Bonchev–Trinajstić information content (AvgIpc) is 2.80. The summed E-state index contributed by atoms with van der Waals surface area (Å²) >= 11 is 1.56. The Bertz CT molecular complexity index is 417. The number of nitrogen functional groups attached to an aromatic ring is 1. The molecule has 3 rings (SSSR count). The first kappa shape index (κ1) is 13.2. The van der Waals surface area contributed by atoms with Gasteiger partial charge in [-0.1, -0.05) is 6.42 Å². The molecule has 19 heavy (non-hydrogen) atoms. The fourth-order valence-corrected chi connectivity index (χ4v) is 4.21. The van der Waals surface area contributed by atoms with Gasteiger partial charge in [0.05, 0.1) is 0 Å².